The van der Waals surface area contributed by atoms with Crippen LogP contribution in [0.25, 0.3) is 10.9 Å². The van der Waals surface area contributed by atoms with Gasteiger partial charge < -0.3 is 4.90 Å². The number of aromatic nitrogens is 1. The van der Waals surface area contributed by atoms with E-state index >= 15 is 0 Å². The van der Waals surface area contributed by atoms with Crippen LogP contribution in [0.5, 0.6) is 0 Å². The third kappa shape index (κ3) is 3.08. The summed E-state index contributed by atoms with van der Waals surface area (Å²) in [4.78, 5) is 22.1. The molecule has 2 heterocycles. The molecule has 0 unspecified atom stereocenters. The molecule has 0 N–H and O–H groups in total. The van der Waals surface area contributed by atoms with Gasteiger partial charge in [-0.25, -0.2) is 0 Å². The van der Waals surface area contributed by atoms with Gasteiger partial charge >= 0.3 is 0 Å². The molecule has 1 amide bonds. The van der Waals surface area contributed by atoms with Crippen LogP contribution in [0.2, 0.25) is 0 Å². The lowest BCUT2D eigenvalue weighted by Gasteiger charge is -2.37. The molecular formula is C19H25N3O. The van der Waals surface area contributed by atoms with Crippen molar-refractivity contribution in [1.29, 1.82) is 0 Å². The van der Waals surface area contributed by atoms with Crippen LogP contribution in [0.15, 0.2) is 24.3 Å². The lowest BCUT2D eigenvalue weighted by Crippen LogP contribution is -2.50. The molecule has 1 aromatic heterocycles. The van der Waals surface area contributed by atoms with Gasteiger partial charge in [0.25, 0.3) is 5.91 Å². The Labute approximate surface area is 138 Å². The molecule has 0 bridgehead atoms. The second-order valence-corrected chi connectivity index (χ2v) is 6.70. The highest BCUT2D eigenvalue weighted by Crippen LogP contribution is 2.23. The molecular weight excluding hydrogens is 286 g/mol. The van der Waals surface area contributed by atoms with Gasteiger partial charge in [-0.2, -0.15) is 0 Å². The van der Waals surface area contributed by atoms with Gasteiger partial charge in [0.1, 0.15) is 0 Å². The lowest BCUT2D eigenvalue weighted by molar-refractivity contribution is 0.0597. The molecule has 1 saturated heterocycles. The minimum absolute atomic E-state index is 0.134. The molecule has 122 valence electrons. The number of amides is 1. The predicted molar refractivity (Wildman–Crippen MR) is 93.8 cm³/mol. The minimum Gasteiger partial charge on any atom is -0.336 e. The van der Waals surface area contributed by atoms with Crippen LogP contribution >= 0.6 is 0 Å². The summed E-state index contributed by atoms with van der Waals surface area (Å²) in [5.41, 5.74) is 3.74. The Morgan fingerprint density at radius 2 is 1.83 bits per heavy atom. The first-order valence-electron chi connectivity index (χ1n) is 8.37. The second-order valence-electron chi connectivity index (χ2n) is 6.70. The first-order chi connectivity index (χ1) is 11.0. The van der Waals surface area contributed by atoms with Crippen molar-refractivity contribution in [2.24, 2.45) is 0 Å². The third-order valence-electron chi connectivity index (χ3n) is 4.73. The number of hydrogen-bond acceptors (Lipinski definition) is 3. The molecule has 1 aliphatic heterocycles. The number of nitrogens with zero attached hydrogens (tertiary/aromatic N) is 3. The number of benzene rings is 1. The number of carbonyl (C=O) groups is 1. The molecule has 0 saturated carbocycles. The Balaban J connectivity index is 1.92. The van der Waals surface area contributed by atoms with Gasteiger partial charge in [-0.05, 0) is 39.3 Å². The zero-order valence-corrected chi connectivity index (χ0v) is 14.5. The van der Waals surface area contributed by atoms with E-state index in [-0.39, 0.29) is 5.91 Å². The Kier molecular flexibility index (Phi) is 4.35. The molecule has 0 aliphatic carbocycles. The first kappa shape index (κ1) is 15.9. The summed E-state index contributed by atoms with van der Waals surface area (Å²) in [6.07, 6.45) is 0. The fourth-order valence-electron chi connectivity index (χ4n) is 3.31. The van der Waals surface area contributed by atoms with Crippen molar-refractivity contribution in [2.75, 3.05) is 26.2 Å². The van der Waals surface area contributed by atoms with E-state index in [1.165, 1.54) is 0 Å². The molecule has 0 radical (unpaired) electrons. The fraction of sp³-hybridized carbons (Fsp3) is 0.474. The average Bonchev–Trinajstić information content (AvgIpc) is 2.54. The number of rotatable bonds is 2. The van der Waals surface area contributed by atoms with E-state index in [1.54, 1.807) is 0 Å². The van der Waals surface area contributed by atoms with Gasteiger partial charge in [0.2, 0.25) is 0 Å². The summed E-state index contributed by atoms with van der Waals surface area (Å²) >= 11 is 0. The quantitative estimate of drug-likeness (QED) is 0.855. The molecule has 1 fully saturated rings. The molecule has 4 nitrogen and oxygen atoms in total. The zero-order chi connectivity index (χ0) is 16.6. The largest absolute Gasteiger partial charge is 0.336 e. The van der Waals surface area contributed by atoms with Gasteiger partial charge in [0.05, 0.1) is 11.1 Å². The number of piperazine rings is 1. The highest BCUT2D eigenvalue weighted by molar-refractivity contribution is 6.06. The molecule has 0 atom stereocenters. The molecule has 1 aromatic carbocycles. The molecule has 2 aromatic rings. The van der Waals surface area contributed by atoms with Gasteiger partial charge in [0, 0.05) is 43.3 Å². The number of fused-ring (bicyclic) bond motifs is 1. The van der Waals surface area contributed by atoms with E-state index in [1.807, 2.05) is 43.0 Å². The smallest absolute Gasteiger partial charge is 0.254 e. The molecule has 0 spiro atoms. The maximum absolute atomic E-state index is 13.0. The van der Waals surface area contributed by atoms with Crippen molar-refractivity contribution >= 4 is 16.8 Å². The highest BCUT2D eigenvalue weighted by atomic mass is 16.2. The standard InChI is InChI=1S/C19H25N3O/c1-13(2)21-8-10-22(11-9-21)19(23)17-12-15(4)20-18-14(3)6-5-7-16(17)18/h5-7,12-13H,8-11H2,1-4H3. The van der Waals surface area contributed by atoms with E-state index in [0.29, 0.717) is 6.04 Å². The van der Waals surface area contributed by atoms with Crippen molar-refractivity contribution in [2.45, 2.75) is 33.7 Å². The van der Waals surface area contributed by atoms with Crippen LogP contribution in [-0.2, 0) is 0 Å². The SMILES string of the molecule is Cc1cc(C(=O)N2CCN(C(C)C)CC2)c2cccc(C)c2n1. The first-order valence-corrected chi connectivity index (χ1v) is 8.37. The maximum Gasteiger partial charge on any atom is 0.254 e. The normalized spacial score (nSPS) is 16.3. The van der Waals surface area contributed by atoms with E-state index in [9.17, 15) is 4.79 Å². The van der Waals surface area contributed by atoms with Crippen LogP contribution in [0.4, 0.5) is 0 Å². The second kappa shape index (κ2) is 6.28. The monoisotopic (exact) mass is 311 g/mol. The third-order valence-corrected chi connectivity index (χ3v) is 4.73. The summed E-state index contributed by atoms with van der Waals surface area (Å²) in [6, 6.07) is 8.52. The Bertz CT molecular complexity index is 731. The Morgan fingerprint density at radius 1 is 1.13 bits per heavy atom. The Morgan fingerprint density at radius 3 is 2.48 bits per heavy atom. The number of carbonyl (C=O) groups excluding carboxylic acids is 1. The van der Waals surface area contributed by atoms with E-state index in [0.717, 1.165) is 53.9 Å². The van der Waals surface area contributed by atoms with Crippen LogP contribution in [0.1, 0.15) is 35.5 Å². The number of aryl methyl sites for hydroxylation is 2. The highest BCUT2D eigenvalue weighted by Gasteiger charge is 2.24. The predicted octanol–water partition coefficient (Wildman–Crippen LogP) is 3.02. The summed E-state index contributed by atoms with van der Waals surface area (Å²) in [6.45, 7) is 11.9. The zero-order valence-electron chi connectivity index (χ0n) is 14.5. The Hall–Kier alpha value is -1.94. The van der Waals surface area contributed by atoms with Crippen molar-refractivity contribution in [3.63, 3.8) is 0 Å². The topological polar surface area (TPSA) is 36.4 Å². The van der Waals surface area contributed by atoms with Gasteiger partial charge in [-0.3, -0.25) is 14.7 Å². The minimum atomic E-state index is 0.134. The van der Waals surface area contributed by atoms with Gasteiger partial charge in [0.15, 0.2) is 0 Å². The van der Waals surface area contributed by atoms with Crippen molar-refractivity contribution in [1.82, 2.24) is 14.8 Å². The number of pyridine rings is 1. The van der Waals surface area contributed by atoms with Gasteiger partial charge in [-0.15, -0.1) is 0 Å². The van der Waals surface area contributed by atoms with Crippen LogP contribution in [0, 0.1) is 13.8 Å². The fourth-order valence-corrected chi connectivity index (χ4v) is 3.31. The van der Waals surface area contributed by atoms with Crippen LogP contribution in [0.3, 0.4) is 0 Å². The molecule has 23 heavy (non-hydrogen) atoms. The van der Waals surface area contributed by atoms with E-state index < -0.39 is 0 Å². The molecule has 3 rings (SSSR count). The summed E-state index contributed by atoms with van der Waals surface area (Å²) < 4.78 is 0. The summed E-state index contributed by atoms with van der Waals surface area (Å²) in [5.74, 6) is 0.134. The number of hydrogen-bond donors (Lipinski definition) is 0. The van der Waals surface area contributed by atoms with Gasteiger partial charge in [-0.1, -0.05) is 18.2 Å². The van der Waals surface area contributed by atoms with E-state index in [2.05, 4.69) is 23.7 Å². The molecule has 4 heteroatoms. The van der Waals surface area contributed by atoms with Crippen LogP contribution < -0.4 is 0 Å². The van der Waals surface area contributed by atoms with Crippen molar-refractivity contribution in [3.8, 4) is 0 Å². The van der Waals surface area contributed by atoms with E-state index in [4.69, 9.17) is 0 Å². The molecule has 1 aliphatic rings. The lowest BCUT2D eigenvalue weighted by atomic mass is 10.0. The number of para-hydroxylation sites is 1. The average molecular weight is 311 g/mol. The van der Waals surface area contributed by atoms with Crippen LogP contribution in [-0.4, -0.2) is 52.9 Å². The van der Waals surface area contributed by atoms with Crippen molar-refractivity contribution < 1.29 is 4.79 Å². The summed E-state index contributed by atoms with van der Waals surface area (Å²) in [5, 5.41) is 0.965. The summed E-state index contributed by atoms with van der Waals surface area (Å²) in [7, 11) is 0. The maximum atomic E-state index is 13.0. The van der Waals surface area contributed by atoms with Crippen molar-refractivity contribution in [3.05, 3.63) is 41.1 Å².